The van der Waals surface area contributed by atoms with Gasteiger partial charge in [-0.1, -0.05) is 53.2 Å². The van der Waals surface area contributed by atoms with Gasteiger partial charge in [0.2, 0.25) is 6.29 Å². The van der Waals surface area contributed by atoms with Gasteiger partial charge in [0.05, 0.1) is 64.1 Å². The van der Waals surface area contributed by atoms with Gasteiger partial charge in [0, 0.05) is 5.41 Å². The van der Waals surface area contributed by atoms with Gasteiger partial charge >= 0.3 is 5.97 Å². The van der Waals surface area contributed by atoms with Crippen molar-refractivity contribution >= 4 is 5.97 Å². The molecule has 0 aromatic carbocycles. The molecule has 5 aliphatic carbocycles. The van der Waals surface area contributed by atoms with Crippen LogP contribution in [0, 0.1) is 50.2 Å². The summed E-state index contributed by atoms with van der Waals surface area (Å²) in [6.45, 7) is 10.4. The zero-order valence-electron chi connectivity index (χ0n) is 48.6. The van der Waals surface area contributed by atoms with Crippen molar-refractivity contribution in [1.82, 2.24) is 0 Å². The molecule has 16 N–H and O–H groups in total. The van der Waals surface area contributed by atoms with Crippen molar-refractivity contribution in [2.45, 2.75) is 247 Å². The predicted molar refractivity (Wildman–Crippen MR) is 280 cm³/mol. The fourth-order valence-electron chi connectivity index (χ4n) is 17.4. The van der Waals surface area contributed by atoms with Crippen molar-refractivity contribution in [3.05, 3.63) is 11.6 Å². The Balaban J connectivity index is 0.858. The Morgan fingerprint density at radius 1 is 0.607 bits per heavy atom. The topological polar surface area (TPSA) is 433 Å². The Morgan fingerprint density at radius 3 is 1.92 bits per heavy atom. The number of aliphatic hydroxyl groups excluding tert-OH is 15. The minimum absolute atomic E-state index is 0.124. The van der Waals surface area contributed by atoms with E-state index in [1.54, 1.807) is 0 Å². The molecule has 0 amide bonds. The molecule has 27 heteroatoms. The largest absolute Gasteiger partial charge is 0.432 e. The number of rotatable bonds is 13. The lowest BCUT2D eigenvalue weighted by Gasteiger charge is -2.72. The summed E-state index contributed by atoms with van der Waals surface area (Å²) in [5.74, 6) is -1.84. The monoisotopic (exact) mass is 1210 g/mol. The Morgan fingerprint density at radius 2 is 1.25 bits per heavy atom. The fraction of sp³-hybridized carbons (Fsp3) is 0.947. The van der Waals surface area contributed by atoms with Crippen molar-refractivity contribution in [3.8, 4) is 0 Å². The van der Waals surface area contributed by atoms with Gasteiger partial charge in [-0.2, -0.15) is 0 Å². The molecular formula is C57H92O27. The first kappa shape index (κ1) is 65.2. The predicted octanol–water partition coefficient (Wildman–Crippen LogP) is -4.35. The van der Waals surface area contributed by atoms with E-state index in [4.69, 9.17) is 47.4 Å². The molecule has 10 aliphatic rings. The van der Waals surface area contributed by atoms with Crippen LogP contribution in [0.5, 0.6) is 0 Å². The van der Waals surface area contributed by atoms with Gasteiger partial charge in [0.1, 0.15) is 90.4 Å². The van der Waals surface area contributed by atoms with Crippen LogP contribution < -0.4 is 0 Å². The summed E-state index contributed by atoms with van der Waals surface area (Å²) in [4.78, 5) is 15.4. The van der Waals surface area contributed by atoms with Crippen molar-refractivity contribution < 1.29 is 134 Å². The quantitative estimate of drug-likeness (QED) is 0.0471. The van der Waals surface area contributed by atoms with Crippen molar-refractivity contribution in [3.63, 3.8) is 0 Å². The van der Waals surface area contributed by atoms with Crippen LogP contribution in [0.15, 0.2) is 11.6 Å². The van der Waals surface area contributed by atoms with E-state index in [1.807, 2.05) is 6.92 Å². The number of hydrogen-bond acceptors (Lipinski definition) is 27. The fourth-order valence-corrected chi connectivity index (χ4v) is 17.4. The minimum Gasteiger partial charge on any atom is -0.432 e. The lowest BCUT2D eigenvalue weighted by molar-refractivity contribution is -0.372. The molecule has 32 atom stereocenters. The number of hydrogen-bond donors (Lipinski definition) is 16. The second kappa shape index (κ2) is 23.5. The molecule has 5 heterocycles. The van der Waals surface area contributed by atoms with Gasteiger partial charge in [0.25, 0.3) is 0 Å². The molecule has 84 heavy (non-hydrogen) atoms. The van der Waals surface area contributed by atoms with E-state index in [-0.39, 0.29) is 36.5 Å². The Bertz CT molecular complexity index is 2370. The van der Waals surface area contributed by atoms with E-state index in [2.05, 4.69) is 40.7 Å². The van der Waals surface area contributed by atoms with Crippen LogP contribution in [0.3, 0.4) is 0 Å². The number of fused-ring (bicyclic) bond motifs is 7. The number of carbonyl (C=O) groups excluding carboxylic acids is 1. The molecule has 0 radical (unpaired) electrons. The molecule has 482 valence electrons. The van der Waals surface area contributed by atoms with Gasteiger partial charge < -0.3 is 129 Å². The van der Waals surface area contributed by atoms with Crippen LogP contribution in [-0.2, 0) is 52.2 Å². The highest BCUT2D eigenvalue weighted by molar-refractivity contribution is 5.80. The third-order valence-corrected chi connectivity index (χ3v) is 22.6. The zero-order valence-corrected chi connectivity index (χ0v) is 48.6. The summed E-state index contributed by atoms with van der Waals surface area (Å²) >= 11 is 0. The number of carbonyl (C=O) groups is 1. The Kier molecular flexibility index (Phi) is 18.2. The second-order valence-corrected chi connectivity index (χ2v) is 28.0. The normalized spacial score (nSPS) is 55.6. The van der Waals surface area contributed by atoms with Crippen molar-refractivity contribution in [2.75, 3.05) is 39.6 Å². The summed E-state index contributed by atoms with van der Waals surface area (Å²) in [7, 11) is 0. The lowest BCUT2D eigenvalue weighted by Crippen LogP contribution is -2.70. The molecule has 5 aliphatic heterocycles. The molecule has 9 fully saturated rings. The first-order valence-electron chi connectivity index (χ1n) is 29.7. The first-order chi connectivity index (χ1) is 39.3. The zero-order chi connectivity index (χ0) is 61.3. The summed E-state index contributed by atoms with van der Waals surface area (Å²) in [6, 6.07) is 0. The lowest BCUT2D eigenvalue weighted by atomic mass is 9.33. The number of ether oxygens (including phenoxy) is 10. The maximum Gasteiger partial charge on any atom is 0.317 e. The van der Waals surface area contributed by atoms with E-state index in [9.17, 15) is 81.7 Å². The average Bonchev–Trinajstić information content (AvgIpc) is 1.12. The van der Waals surface area contributed by atoms with Gasteiger partial charge in [-0.05, 0) is 97.7 Å². The highest BCUT2D eigenvalue weighted by Gasteiger charge is 2.73. The maximum atomic E-state index is 15.4. The van der Waals surface area contributed by atoms with E-state index in [0.717, 1.165) is 5.57 Å². The SMILES string of the molecule is C[C@@H]1O[C@H](O[C@H]2[C@H](OC(=O)[C@]34CCC(C)(C)C[C@H]3C3=CC[C@H]5[C@@]6(C)C[C@@H](O)[C@H](O[C@H]7O[C@@H](CO)[C@H](O)[C@@H](O)[C@H]7O)[C@@](C)(CO)[C@H]6CC[C@@]5(C)[C@@]3(C)C[C@@H]4O)OC[C@H](O)[C@H]2O)[C@@H](O)[C@@H](O)[C@@H]1O[C@H]1OC[C@H](O)[C@@H](O[C@@H]2OC[C@@](O)(CO)[C@@H]2O)[C@H]1O. The summed E-state index contributed by atoms with van der Waals surface area (Å²) in [6.07, 6.45) is -31.2. The van der Waals surface area contributed by atoms with E-state index in [0.29, 0.717) is 32.1 Å². The highest BCUT2D eigenvalue weighted by atomic mass is 16.8. The van der Waals surface area contributed by atoms with E-state index in [1.165, 1.54) is 6.92 Å². The molecule has 0 aromatic rings. The van der Waals surface area contributed by atoms with Crippen LogP contribution in [0.2, 0.25) is 0 Å². The number of allylic oxidation sites excluding steroid dienone is 2. The first-order valence-corrected chi connectivity index (χ1v) is 29.7. The molecule has 0 bridgehead atoms. The van der Waals surface area contributed by atoms with Gasteiger partial charge in [-0.25, -0.2) is 0 Å². The van der Waals surface area contributed by atoms with Crippen LogP contribution in [0.1, 0.15) is 99.8 Å². The molecule has 0 aromatic heterocycles. The molecular weight excluding hydrogens is 1120 g/mol. The standard InChI is InChI=1S/C57H92O27/c1-23-40(80-45-39(71)41(28(63)19-75-45)81-49-43(72)56(74,21-60)22-77-49)36(68)38(70)46(78-23)82-42-33(65)27(62)18-76-48(42)84-50(73)57-13-12-51(2,3)14-25(57)24-8-9-31-52(4)15-26(61)44(83-47-37(69)35(67)34(66)29(17-58)79-47)53(5,20-59)30(52)10-11-54(31,6)55(24,7)16-32(57)64/h8,23,25-49,58-72,74H,9-22H2,1-7H3/t23-,25-,26+,27-,28-,29-,30-,31-,32-,33+,34-,35+,36+,37+,38-,39+,40+,41+,42+,43+,44-,45+,46+,47+,48-,49-,52-,53-,54+,55-,56-,57+/m0/s1. The highest BCUT2D eigenvalue weighted by Crippen LogP contribution is 2.76. The van der Waals surface area contributed by atoms with E-state index < -0.39 is 226 Å². The van der Waals surface area contributed by atoms with Crippen molar-refractivity contribution in [2.24, 2.45) is 50.2 Å². The molecule has 5 saturated heterocycles. The van der Waals surface area contributed by atoms with E-state index >= 15 is 4.79 Å². The van der Waals surface area contributed by atoms with Crippen LogP contribution in [0.25, 0.3) is 0 Å². The molecule has 0 spiro atoms. The van der Waals surface area contributed by atoms with Crippen molar-refractivity contribution in [1.29, 1.82) is 0 Å². The van der Waals surface area contributed by atoms with Gasteiger partial charge in [0.15, 0.2) is 31.3 Å². The molecule has 4 saturated carbocycles. The summed E-state index contributed by atoms with van der Waals surface area (Å²) in [5, 5.41) is 176. The Hall–Kier alpha value is -1.79. The third-order valence-electron chi connectivity index (χ3n) is 22.6. The van der Waals surface area contributed by atoms with Crippen LogP contribution in [-0.4, -0.2) is 274 Å². The molecule has 10 rings (SSSR count). The van der Waals surface area contributed by atoms with Crippen LogP contribution >= 0.6 is 0 Å². The van der Waals surface area contributed by atoms with Gasteiger partial charge in [-0.3, -0.25) is 4.79 Å². The summed E-state index contributed by atoms with van der Waals surface area (Å²) < 4.78 is 58.6. The van der Waals surface area contributed by atoms with Crippen LogP contribution in [0.4, 0.5) is 0 Å². The maximum absolute atomic E-state index is 15.4. The number of aliphatic hydroxyl groups is 16. The molecule has 27 nitrogen and oxygen atoms in total. The smallest absolute Gasteiger partial charge is 0.317 e. The number of esters is 1. The second-order valence-electron chi connectivity index (χ2n) is 28.0. The summed E-state index contributed by atoms with van der Waals surface area (Å²) in [5.41, 5.74) is -6.04. The average molecular weight is 1210 g/mol. The van der Waals surface area contributed by atoms with Gasteiger partial charge in [-0.15, -0.1) is 0 Å². The minimum atomic E-state index is -2.07. The molecule has 0 unspecified atom stereocenters. The third kappa shape index (κ3) is 10.4. The Labute approximate surface area is 486 Å².